The standard InChI is InChI=1S/C17H15NO4S/c1-11-10-16(12-6-2-3-7-13(12)17(11)20)23(21,22)18-14-8-4-5-9-15(14)19/h2-10,18-20H,1H3. The van der Waals surface area contributed by atoms with Crippen molar-refractivity contribution in [1.82, 2.24) is 0 Å². The Morgan fingerprint density at radius 2 is 1.52 bits per heavy atom. The van der Waals surface area contributed by atoms with E-state index in [9.17, 15) is 18.6 Å². The van der Waals surface area contributed by atoms with Crippen molar-refractivity contribution in [3.05, 3.63) is 60.2 Å². The fourth-order valence-corrected chi connectivity index (χ4v) is 3.81. The lowest BCUT2D eigenvalue weighted by Crippen LogP contribution is -2.13. The van der Waals surface area contributed by atoms with Gasteiger partial charge in [0.1, 0.15) is 11.5 Å². The van der Waals surface area contributed by atoms with Crippen molar-refractivity contribution in [2.24, 2.45) is 0 Å². The van der Waals surface area contributed by atoms with Gasteiger partial charge in [-0.3, -0.25) is 4.72 Å². The molecular formula is C17H15NO4S. The van der Waals surface area contributed by atoms with Crippen LogP contribution in [0, 0.1) is 6.92 Å². The third-order valence-electron chi connectivity index (χ3n) is 3.61. The quantitative estimate of drug-likeness (QED) is 0.643. The van der Waals surface area contributed by atoms with Crippen LogP contribution < -0.4 is 4.72 Å². The summed E-state index contributed by atoms with van der Waals surface area (Å²) >= 11 is 0. The van der Waals surface area contributed by atoms with E-state index in [1.165, 1.54) is 18.2 Å². The molecule has 0 amide bonds. The molecule has 0 aromatic heterocycles. The predicted molar refractivity (Wildman–Crippen MR) is 89.3 cm³/mol. The number of hydrogen-bond acceptors (Lipinski definition) is 4. The number of rotatable bonds is 3. The summed E-state index contributed by atoms with van der Waals surface area (Å²) in [5.41, 5.74) is 0.559. The minimum atomic E-state index is -3.92. The number of benzene rings is 3. The van der Waals surface area contributed by atoms with Gasteiger partial charge in [-0.1, -0.05) is 36.4 Å². The SMILES string of the molecule is Cc1cc(S(=O)(=O)Nc2ccccc2O)c2ccccc2c1O. The van der Waals surface area contributed by atoms with Gasteiger partial charge in [0.15, 0.2) is 0 Å². The fraction of sp³-hybridized carbons (Fsp3) is 0.0588. The number of nitrogens with one attached hydrogen (secondary N) is 1. The highest BCUT2D eigenvalue weighted by atomic mass is 32.2. The summed E-state index contributed by atoms with van der Waals surface area (Å²) in [5.74, 6) is -0.0991. The summed E-state index contributed by atoms with van der Waals surface area (Å²) < 4.78 is 27.8. The highest BCUT2D eigenvalue weighted by Crippen LogP contribution is 2.35. The zero-order valence-corrected chi connectivity index (χ0v) is 13.1. The number of anilines is 1. The van der Waals surface area contributed by atoms with Crippen molar-refractivity contribution in [3.8, 4) is 11.5 Å². The summed E-state index contributed by atoms with van der Waals surface area (Å²) in [5, 5.41) is 20.8. The fourth-order valence-electron chi connectivity index (χ4n) is 2.44. The van der Waals surface area contributed by atoms with E-state index in [4.69, 9.17) is 0 Å². The molecule has 3 N–H and O–H groups in total. The molecule has 0 atom stereocenters. The lowest BCUT2D eigenvalue weighted by Gasteiger charge is -2.13. The Bertz CT molecular complexity index is 997. The summed E-state index contributed by atoms with van der Waals surface area (Å²) in [6.45, 7) is 1.64. The average molecular weight is 329 g/mol. The van der Waals surface area contributed by atoms with Crippen LogP contribution in [0.5, 0.6) is 11.5 Å². The number of phenols is 2. The molecule has 3 aromatic rings. The molecule has 3 aromatic carbocycles. The third-order valence-corrected chi connectivity index (χ3v) is 5.01. The zero-order chi connectivity index (χ0) is 16.6. The van der Waals surface area contributed by atoms with Crippen LogP contribution in [0.25, 0.3) is 10.8 Å². The molecule has 0 aliphatic carbocycles. The van der Waals surface area contributed by atoms with E-state index < -0.39 is 10.0 Å². The second-order valence-corrected chi connectivity index (χ2v) is 6.86. The summed E-state index contributed by atoms with van der Waals surface area (Å²) in [7, 11) is -3.92. The number of phenolic OH excluding ortho intramolecular Hbond substituents is 2. The van der Waals surface area contributed by atoms with E-state index >= 15 is 0 Å². The number of aromatic hydroxyl groups is 2. The van der Waals surface area contributed by atoms with Gasteiger partial charge >= 0.3 is 0 Å². The van der Waals surface area contributed by atoms with E-state index in [0.717, 1.165) is 0 Å². The maximum absolute atomic E-state index is 12.7. The molecule has 0 radical (unpaired) electrons. The third kappa shape index (κ3) is 2.68. The first-order valence-corrected chi connectivity index (χ1v) is 8.40. The van der Waals surface area contributed by atoms with Crippen LogP contribution in [0.1, 0.15) is 5.56 Å². The largest absolute Gasteiger partial charge is 0.507 e. The molecule has 3 rings (SSSR count). The van der Waals surface area contributed by atoms with Crippen LogP contribution in [0.15, 0.2) is 59.5 Å². The van der Waals surface area contributed by atoms with Gasteiger partial charge in [-0.15, -0.1) is 0 Å². The smallest absolute Gasteiger partial charge is 0.262 e. The van der Waals surface area contributed by atoms with Crippen LogP contribution in [0.3, 0.4) is 0 Å². The molecule has 0 spiro atoms. The number of hydrogen-bond donors (Lipinski definition) is 3. The number of sulfonamides is 1. The Kier molecular flexibility index (Phi) is 3.61. The van der Waals surface area contributed by atoms with E-state index in [1.807, 2.05) is 0 Å². The lowest BCUT2D eigenvalue weighted by atomic mass is 10.1. The minimum Gasteiger partial charge on any atom is -0.507 e. The second kappa shape index (κ2) is 5.48. The molecule has 0 aliphatic heterocycles. The van der Waals surface area contributed by atoms with Crippen molar-refractivity contribution in [1.29, 1.82) is 0 Å². The molecular weight excluding hydrogens is 314 g/mol. The van der Waals surface area contributed by atoms with E-state index in [0.29, 0.717) is 16.3 Å². The highest BCUT2D eigenvalue weighted by Gasteiger charge is 2.21. The number of fused-ring (bicyclic) bond motifs is 1. The molecule has 0 heterocycles. The molecule has 5 nitrogen and oxygen atoms in total. The second-order valence-electron chi connectivity index (χ2n) is 5.21. The Morgan fingerprint density at radius 1 is 0.913 bits per heavy atom. The van der Waals surface area contributed by atoms with Gasteiger partial charge in [0.25, 0.3) is 10.0 Å². The Balaban J connectivity index is 2.20. The number of para-hydroxylation sites is 2. The first kappa shape index (κ1) is 15.2. The molecule has 0 bridgehead atoms. The first-order chi connectivity index (χ1) is 10.9. The topological polar surface area (TPSA) is 86.6 Å². The maximum atomic E-state index is 12.7. The van der Waals surface area contributed by atoms with Gasteiger partial charge in [0.2, 0.25) is 0 Å². The maximum Gasteiger partial charge on any atom is 0.262 e. The molecule has 0 saturated carbocycles. The van der Waals surface area contributed by atoms with Crippen LogP contribution >= 0.6 is 0 Å². The zero-order valence-electron chi connectivity index (χ0n) is 12.3. The van der Waals surface area contributed by atoms with Crippen LogP contribution in [-0.4, -0.2) is 18.6 Å². The van der Waals surface area contributed by atoms with E-state index in [2.05, 4.69) is 4.72 Å². The summed E-state index contributed by atoms with van der Waals surface area (Å²) in [4.78, 5) is 0.0478. The first-order valence-electron chi connectivity index (χ1n) is 6.92. The Morgan fingerprint density at radius 3 is 2.22 bits per heavy atom. The normalized spacial score (nSPS) is 11.5. The van der Waals surface area contributed by atoms with Gasteiger partial charge < -0.3 is 10.2 Å². The van der Waals surface area contributed by atoms with Gasteiger partial charge in [-0.2, -0.15) is 0 Å². The van der Waals surface area contributed by atoms with Crippen molar-refractivity contribution < 1.29 is 18.6 Å². The highest BCUT2D eigenvalue weighted by molar-refractivity contribution is 7.93. The van der Waals surface area contributed by atoms with Crippen molar-refractivity contribution in [3.63, 3.8) is 0 Å². The average Bonchev–Trinajstić information content (AvgIpc) is 2.53. The summed E-state index contributed by atoms with van der Waals surface area (Å²) in [6, 6.07) is 14.3. The molecule has 0 fully saturated rings. The van der Waals surface area contributed by atoms with Crippen LogP contribution in [0.4, 0.5) is 5.69 Å². The Hall–Kier alpha value is -2.73. The van der Waals surface area contributed by atoms with Crippen LogP contribution in [0.2, 0.25) is 0 Å². The predicted octanol–water partition coefficient (Wildman–Crippen LogP) is 3.36. The van der Waals surface area contributed by atoms with Crippen molar-refractivity contribution in [2.75, 3.05) is 4.72 Å². The molecule has 0 unspecified atom stereocenters. The minimum absolute atomic E-state index is 0.0478. The monoisotopic (exact) mass is 329 g/mol. The van der Waals surface area contributed by atoms with Gasteiger partial charge in [0, 0.05) is 10.8 Å². The van der Waals surface area contributed by atoms with E-state index in [-0.39, 0.29) is 22.1 Å². The van der Waals surface area contributed by atoms with Gasteiger partial charge in [-0.25, -0.2) is 8.42 Å². The van der Waals surface area contributed by atoms with Crippen molar-refractivity contribution >= 4 is 26.5 Å². The molecule has 0 aliphatic rings. The molecule has 0 saturated heterocycles. The molecule has 118 valence electrons. The van der Waals surface area contributed by atoms with Gasteiger partial charge in [-0.05, 0) is 30.7 Å². The van der Waals surface area contributed by atoms with Crippen LogP contribution in [-0.2, 0) is 10.0 Å². The van der Waals surface area contributed by atoms with Crippen molar-refractivity contribution in [2.45, 2.75) is 11.8 Å². The van der Waals surface area contributed by atoms with Gasteiger partial charge in [0.05, 0.1) is 10.6 Å². The van der Waals surface area contributed by atoms with E-state index in [1.54, 1.807) is 43.3 Å². The summed E-state index contributed by atoms with van der Waals surface area (Å²) in [6.07, 6.45) is 0. The molecule has 6 heteroatoms. The Labute approximate surface area is 133 Å². The number of aryl methyl sites for hydroxylation is 1. The molecule has 23 heavy (non-hydrogen) atoms. The lowest BCUT2D eigenvalue weighted by molar-refractivity contribution is 0.476.